The maximum absolute atomic E-state index is 13.2. The van der Waals surface area contributed by atoms with Crippen LogP contribution in [-0.4, -0.2) is 25.9 Å². The van der Waals surface area contributed by atoms with Crippen molar-refractivity contribution in [3.8, 4) is 5.88 Å². The van der Waals surface area contributed by atoms with E-state index in [0.29, 0.717) is 22.9 Å². The van der Waals surface area contributed by atoms with Gasteiger partial charge in [0.1, 0.15) is 11.1 Å². The molecule has 172 valence electrons. The second kappa shape index (κ2) is 7.88. The number of nitrogens with one attached hydrogen (secondary N) is 2. The normalized spacial score (nSPS) is 14.1. The van der Waals surface area contributed by atoms with Crippen LogP contribution in [0.1, 0.15) is 57.5 Å². The quantitative estimate of drug-likeness (QED) is 0.482. The van der Waals surface area contributed by atoms with Gasteiger partial charge in [-0.05, 0) is 56.1 Å². The van der Waals surface area contributed by atoms with E-state index >= 15 is 0 Å². The van der Waals surface area contributed by atoms with Gasteiger partial charge in [-0.25, -0.2) is 9.67 Å². The maximum atomic E-state index is 13.2. The summed E-state index contributed by atoms with van der Waals surface area (Å²) >= 11 is 0. The van der Waals surface area contributed by atoms with Crippen LogP contribution in [0, 0.1) is 0 Å². The zero-order chi connectivity index (χ0) is 23.3. The molecule has 0 spiro atoms. The van der Waals surface area contributed by atoms with Crippen molar-refractivity contribution in [2.75, 3.05) is 11.9 Å². The summed E-state index contributed by atoms with van der Waals surface area (Å²) in [5.74, 6) is 1.84. The lowest BCUT2D eigenvalue weighted by Gasteiger charge is -2.18. The summed E-state index contributed by atoms with van der Waals surface area (Å²) in [5.41, 5.74) is 3.79. The van der Waals surface area contributed by atoms with Crippen LogP contribution >= 0.6 is 0 Å². The lowest BCUT2D eigenvalue weighted by Crippen LogP contribution is -2.24. The van der Waals surface area contributed by atoms with Gasteiger partial charge in [-0.1, -0.05) is 26.8 Å². The molecular formula is C25H30N6O2. The third-order valence-corrected chi connectivity index (χ3v) is 6.00. The molecule has 33 heavy (non-hydrogen) atoms. The molecule has 4 aromatic rings. The highest BCUT2D eigenvalue weighted by Crippen LogP contribution is 2.28. The lowest BCUT2D eigenvalue weighted by atomic mass is 9.94. The van der Waals surface area contributed by atoms with E-state index in [1.807, 2.05) is 32.0 Å². The van der Waals surface area contributed by atoms with Crippen LogP contribution in [-0.2, 0) is 18.4 Å². The van der Waals surface area contributed by atoms with Gasteiger partial charge in [0.2, 0.25) is 11.8 Å². The number of fused-ring (bicyclic) bond motifs is 2. The fraction of sp³-hybridized carbons (Fsp3) is 0.400. The summed E-state index contributed by atoms with van der Waals surface area (Å²) in [7, 11) is 0. The van der Waals surface area contributed by atoms with Crippen LogP contribution in [0.25, 0.3) is 16.9 Å². The van der Waals surface area contributed by atoms with Crippen LogP contribution in [0.2, 0.25) is 0 Å². The second-order valence-electron chi connectivity index (χ2n) is 9.91. The predicted octanol–water partition coefficient (Wildman–Crippen LogP) is 4.44. The van der Waals surface area contributed by atoms with E-state index in [2.05, 4.69) is 48.5 Å². The Kier molecular flexibility index (Phi) is 5.12. The topological polar surface area (TPSA) is 89.9 Å². The van der Waals surface area contributed by atoms with Crippen LogP contribution in [0.4, 0.5) is 11.6 Å². The molecule has 0 bridgehead atoms. The third-order valence-electron chi connectivity index (χ3n) is 6.00. The van der Waals surface area contributed by atoms with E-state index in [4.69, 9.17) is 9.40 Å². The number of hydrogen-bond donors (Lipinski definition) is 2. The Morgan fingerprint density at radius 1 is 1.15 bits per heavy atom. The van der Waals surface area contributed by atoms with Crippen molar-refractivity contribution >= 4 is 22.7 Å². The van der Waals surface area contributed by atoms with Gasteiger partial charge < -0.3 is 15.1 Å². The highest BCUT2D eigenvalue weighted by Gasteiger charge is 2.24. The zero-order valence-electron chi connectivity index (χ0n) is 19.8. The summed E-state index contributed by atoms with van der Waals surface area (Å²) in [4.78, 5) is 22.4. The molecule has 3 aromatic heterocycles. The minimum absolute atomic E-state index is 0.0839. The third kappa shape index (κ3) is 3.84. The summed E-state index contributed by atoms with van der Waals surface area (Å²) in [6.45, 7) is 12.1. The van der Waals surface area contributed by atoms with Crippen molar-refractivity contribution in [3.63, 3.8) is 0 Å². The predicted molar refractivity (Wildman–Crippen MR) is 130 cm³/mol. The maximum Gasteiger partial charge on any atom is 0.278 e. The molecule has 0 amide bonds. The molecule has 0 atom stereocenters. The van der Waals surface area contributed by atoms with E-state index in [9.17, 15) is 4.79 Å². The van der Waals surface area contributed by atoms with Crippen molar-refractivity contribution in [2.24, 2.45) is 0 Å². The average molecular weight is 447 g/mol. The smallest absolute Gasteiger partial charge is 0.278 e. The van der Waals surface area contributed by atoms with Crippen molar-refractivity contribution in [1.82, 2.24) is 24.6 Å². The minimum Gasteiger partial charge on any atom is -0.443 e. The number of nitrogens with zero attached hydrogens (tertiary/aromatic N) is 4. The largest absolute Gasteiger partial charge is 0.443 e. The SMILES string of the molecule is CC(C)n1c(=O)c2cnc(Nc3ccc4c(c3)CNCC4)nc2n1-c1ccc(C(C)(C)C)o1. The number of aromatic nitrogens is 4. The lowest BCUT2D eigenvalue weighted by molar-refractivity contribution is 0.372. The first-order chi connectivity index (χ1) is 15.7. The number of benzene rings is 1. The molecule has 8 heteroatoms. The van der Waals surface area contributed by atoms with Gasteiger partial charge >= 0.3 is 0 Å². The van der Waals surface area contributed by atoms with Gasteiger partial charge in [-0.15, -0.1) is 0 Å². The number of rotatable bonds is 4. The van der Waals surface area contributed by atoms with E-state index in [1.165, 1.54) is 11.1 Å². The van der Waals surface area contributed by atoms with E-state index in [0.717, 1.165) is 31.0 Å². The fourth-order valence-electron chi connectivity index (χ4n) is 4.27. The minimum atomic E-state index is -0.146. The van der Waals surface area contributed by atoms with E-state index < -0.39 is 0 Å². The average Bonchev–Trinajstić information content (AvgIpc) is 3.37. The van der Waals surface area contributed by atoms with Crippen LogP contribution in [0.15, 0.2) is 45.7 Å². The molecule has 4 heterocycles. The van der Waals surface area contributed by atoms with Crippen LogP contribution < -0.4 is 16.2 Å². The van der Waals surface area contributed by atoms with Crippen LogP contribution in [0.3, 0.4) is 0 Å². The van der Waals surface area contributed by atoms with Gasteiger partial charge in [-0.2, -0.15) is 9.67 Å². The Balaban J connectivity index is 1.61. The van der Waals surface area contributed by atoms with Crippen molar-refractivity contribution in [3.05, 3.63) is 63.8 Å². The Bertz CT molecular complexity index is 1390. The first-order valence-corrected chi connectivity index (χ1v) is 11.4. The molecule has 8 nitrogen and oxygen atoms in total. The molecule has 1 aliphatic rings. The first-order valence-electron chi connectivity index (χ1n) is 11.4. The summed E-state index contributed by atoms with van der Waals surface area (Å²) in [6.07, 6.45) is 2.63. The molecule has 1 aromatic carbocycles. The van der Waals surface area contributed by atoms with Crippen molar-refractivity contribution in [2.45, 2.75) is 59.0 Å². The molecule has 0 fully saturated rings. The standard InChI is InChI=1S/C25H30N6O2/c1-15(2)30-23(32)19-14-27-24(28-18-7-6-16-10-11-26-13-17(16)12-18)29-22(19)31(30)21-9-8-20(33-21)25(3,4)5/h6-9,12,14-15,26H,10-11,13H2,1-5H3,(H,27,28,29). The molecule has 0 unspecified atom stereocenters. The van der Waals surface area contributed by atoms with E-state index in [1.54, 1.807) is 15.6 Å². The van der Waals surface area contributed by atoms with Gasteiger partial charge in [0.05, 0.1) is 0 Å². The Morgan fingerprint density at radius 3 is 2.70 bits per heavy atom. The second-order valence-corrected chi connectivity index (χ2v) is 9.91. The molecule has 5 rings (SSSR count). The van der Waals surface area contributed by atoms with Gasteiger partial charge in [0.15, 0.2) is 5.65 Å². The molecule has 0 saturated heterocycles. The molecule has 0 saturated carbocycles. The Labute approximate surface area is 192 Å². The Morgan fingerprint density at radius 2 is 1.97 bits per heavy atom. The van der Waals surface area contributed by atoms with Crippen molar-refractivity contribution in [1.29, 1.82) is 0 Å². The monoisotopic (exact) mass is 446 g/mol. The van der Waals surface area contributed by atoms with Gasteiger partial charge in [0, 0.05) is 36.0 Å². The van der Waals surface area contributed by atoms with Crippen molar-refractivity contribution < 1.29 is 4.42 Å². The molecule has 2 N–H and O–H groups in total. The molecular weight excluding hydrogens is 416 g/mol. The van der Waals surface area contributed by atoms with Gasteiger partial charge in [-0.3, -0.25) is 4.79 Å². The Hall–Kier alpha value is -3.39. The number of anilines is 2. The van der Waals surface area contributed by atoms with Gasteiger partial charge in [0.25, 0.3) is 5.56 Å². The van der Waals surface area contributed by atoms with Crippen LogP contribution in [0.5, 0.6) is 0 Å². The summed E-state index contributed by atoms with van der Waals surface area (Å²) < 4.78 is 9.61. The summed E-state index contributed by atoms with van der Waals surface area (Å²) in [5, 5.41) is 7.17. The molecule has 1 aliphatic heterocycles. The number of furan rings is 1. The number of hydrogen-bond acceptors (Lipinski definition) is 6. The summed E-state index contributed by atoms with van der Waals surface area (Å²) in [6, 6.07) is 10.1. The zero-order valence-corrected chi connectivity index (χ0v) is 19.8. The first kappa shape index (κ1) is 21.5. The fourth-order valence-corrected chi connectivity index (χ4v) is 4.27. The molecule has 0 aliphatic carbocycles. The highest BCUT2D eigenvalue weighted by molar-refractivity contribution is 5.77. The van der Waals surface area contributed by atoms with E-state index in [-0.39, 0.29) is 17.0 Å². The molecule has 0 radical (unpaired) electrons. The highest BCUT2D eigenvalue weighted by atomic mass is 16.4.